The Morgan fingerprint density at radius 1 is 1.29 bits per heavy atom. The van der Waals surface area contributed by atoms with E-state index in [1.54, 1.807) is 0 Å². The molecule has 1 fully saturated rings. The zero-order valence-electron chi connectivity index (χ0n) is 10.9. The molecule has 17 heavy (non-hydrogen) atoms. The molecular formula is C15H23NO. The highest BCUT2D eigenvalue weighted by Gasteiger charge is 2.33. The number of benzene rings is 1. The van der Waals surface area contributed by atoms with Gasteiger partial charge in [0.05, 0.1) is 6.61 Å². The molecule has 1 atom stereocenters. The van der Waals surface area contributed by atoms with Crippen LogP contribution in [0, 0.1) is 5.92 Å². The average molecular weight is 233 g/mol. The van der Waals surface area contributed by atoms with E-state index in [9.17, 15) is 0 Å². The summed E-state index contributed by atoms with van der Waals surface area (Å²) in [5, 5.41) is 3.67. The van der Waals surface area contributed by atoms with Crippen LogP contribution in [0.1, 0.15) is 44.7 Å². The molecule has 94 valence electrons. The van der Waals surface area contributed by atoms with Crippen molar-refractivity contribution < 1.29 is 4.74 Å². The highest BCUT2D eigenvalue weighted by Crippen LogP contribution is 2.43. The molecule has 2 heteroatoms. The largest absolute Gasteiger partial charge is 0.494 e. The van der Waals surface area contributed by atoms with Crippen molar-refractivity contribution in [1.29, 1.82) is 0 Å². The van der Waals surface area contributed by atoms with Gasteiger partial charge in [-0.1, -0.05) is 25.1 Å². The van der Waals surface area contributed by atoms with Crippen molar-refractivity contribution in [3.05, 3.63) is 29.8 Å². The maximum atomic E-state index is 5.74. The molecule has 0 aliphatic heterocycles. The van der Waals surface area contributed by atoms with E-state index in [1.807, 2.05) is 6.92 Å². The lowest BCUT2D eigenvalue weighted by Crippen LogP contribution is -2.24. The van der Waals surface area contributed by atoms with Gasteiger partial charge in [0.1, 0.15) is 5.75 Å². The third-order valence-electron chi connectivity index (χ3n) is 3.26. The van der Waals surface area contributed by atoms with Crippen molar-refractivity contribution in [2.24, 2.45) is 5.92 Å². The van der Waals surface area contributed by atoms with Gasteiger partial charge in [-0.25, -0.2) is 0 Å². The minimum atomic E-state index is 0.484. The molecule has 0 radical (unpaired) electrons. The summed E-state index contributed by atoms with van der Waals surface area (Å²) >= 11 is 0. The minimum Gasteiger partial charge on any atom is -0.494 e. The first-order valence-corrected chi connectivity index (χ1v) is 6.82. The van der Waals surface area contributed by atoms with Crippen LogP contribution in [0.2, 0.25) is 0 Å². The van der Waals surface area contributed by atoms with Crippen LogP contribution in [0.3, 0.4) is 0 Å². The van der Waals surface area contributed by atoms with Gasteiger partial charge in [0.15, 0.2) is 0 Å². The van der Waals surface area contributed by atoms with E-state index in [1.165, 1.54) is 24.8 Å². The highest BCUT2D eigenvalue weighted by molar-refractivity contribution is 5.37. The number of para-hydroxylation sites is 1. The van der Waals surface area contributed by atoms with E-state index >= 15 is 0 Å². The Balaban J connectivity index is 2.15. The summed E-state index contributed by atoms with van der Waals surface area (Å²) in [6.45, 7) is 6.08. The monoisotopic (exact) mass is 233 g/mol. The van der Waals surface area contributed by atoms with Gasteiger partial charge >= 0.3 is 0 Å². The van der Waals surface area contributed by atoms with Gasteiger partial charge in [-0.05, 0) is 44.7 Å². The van der Waals surface area contributed by atoms with Crippen LogP contribution in [0.25, 0.3) is 0 Å². The highest BCUT2D eigenvalue weighted by atomic mass is 16.5. The van der Waals surface area contributed by atoms with E-state index in [0.29, 0.717) is 6.04 Å². The minimum absolute atomic E-state index is 0.484. The second kappa shape index (κ2) is 6.06. The topological polar surface area (TPSA) is 21.3 Å². The Labute approximate surface area is 104 Å². The molecule has 1 aliphatic rings. The molecule has 0 bridgehead atoms. The summed E-state index contributed by atoms with van der Waals surface area (Å²) < 4.78 is 5.74. The molecule has 0 heterocycles. The average Bonchev–Trinajstić information content (AvgIpc) is 3.16. The van der Waals surface area contributed by atoms with Crippen LogP contribution in [-0.4, -0.2) is 13.2 Å². The molecular weight excluding hydrogens is 210 g/mol. The molecule has 1 saturated carbocycles. The number of hydrogen-bond acceptors (Lipinski definition) is 2. The lowest BCUT2D eigenvalue weighted by molar-refractivity contribution is 0.328. The van der Waals surface area contributed by atoms with Gasteiger partial charge in [-0.2, -0.15) is 0 Å². The predicted octanol–water partition coefficient (Wildman–Crippen LogP) is 3.54. The normalized spacial score (nSPS) is 16.8. The van der Waals surface area contributed by atoms with Crippen LogP contribution in [-0.2, 0) is 0 Å². The molecule has 0 saturated heterocycles. The second-order valence-electron chi connectivity index (χ2n) is 4.74. The van der Waals surface area contributed by atoms with E-state index < -0.39 is 0 Å². The van der Waals surface area contributed by atoms with Crippen molar-refractivity contribution in [3.63, 3.8) is 0 Å². The second-order valence-corrected chi connectivity index (χ2v) is 4.74. The van der Waals surface area contributed by atoms with Crippen molar-refractivity contribution in [1.82, 2.24) is 5.32 Å². The third kappa shape index (κ3) is 3.22. The van der Waals surface area contributed by atoms with E-state index in [2.05, 4.69) is 36.5 Å². The van der Waals surface area contributed by atoms with Gasteiger partial charge in [-0.15, -0.1) is 0 Å². The van der Waals surface area contributed by atoms with E-state index in [-0.39, 0.29) is 0 Å². The smallest absolute Gasteiger partial charge is 0.124 e. The number of rotatable bonds is 7. The summed E-state index contributed by atoms with van der Waals surface area (Å²) in [6.07, 6.45) is 3.88. The molecule has 1 aromatic rings. The van der Waals surface area contributed by atoms with Crippen molar-refractivity contribution in [2.75, 3.05) is 13.2 Å². The van der Waals surface area contributed by atoms with E-state index in [0.717, 1.165) is 24.8 Å². The fourth-order valence-corrected chi connectivity index (χ4v) is 2.28. The molecule has 1 aliphatic carbocycles. The van der Waals surface area contributed by atoms with Crippen molar-refractivity contribution >= 4 is 0 Å². The summed E-state index contributed by atoms with van der Waals surface area (Å²) in [6, 6.07) is 8.94. The fraction of sp³-hybridized carbons (Fsp3) is 0.600. The number of nitrogens with one attached hydrogen (secondary N) is 1. The first-order chi connectivity index (χ1) is 8.36. The zero-order valence-corrected chi connectivity index (χ0v) is 10.9. The molecule has 1 N–H and O–H groups in total. The molecule has 2 rings (SSSR count). The maximum Gasteiger partial charge on any atom is 0.124 e. The summed E-state index contributed by atoms with van der Waals surface area (Å²) in [5.41, 5.74) is 1.34. The van der Waals surface area contributed by atoms with Crippen LogP contribution >= 0.6 is 0 Å². The number of hydrogen-bond donors (Lipinski definition) is 1. The van der Waals surface area contributed by atoms with Gasteiger partial charge < -0.3 is 10.1 Å². The third-order valence-corrected chi connectivity index (χ3v) is 3.26. The SMILES string of the molecule is CCCNC(c1ccccc1OCC)C1CC1. The Hall–Kier alpha value is -1.02. The van der Waals surface area contributed by atoms with Crippen molar-refractivity contribution in [2.45, 2.75) is 39.2 Å². The van der Waals surface area contributed by atoms with Gasteiger partial charge in [0.25, 0.3) is 0 Å². The van der Waals surface area contributed by atoms with Crippen LogP contribution < -0.4 is 10.1 Å². The Morgan fingerprint density at radius 2 is 2.06 bits per heavy atom. The first kappa shape index (κ1) is 12.4. The molecule has 0 spiro atoms. The van der Waals surface area contributed by atoms with Crippen LogP contribution in [0.15, 0.2) is 24.3 Å². The van der Waals surface area contributed by atoms with Crippen molar-refractivity contribution in [3.8, 4) is 5.75 Å². The summed E-state index contributed by atoms with van der Waals surface area (Å²) in [5.74, 6) is 1.86. The predicted molar refractivity (Wildman–Crippen MR) is 71.4 cm³/mol. The van der Waals surface area contributed by atoms with Crippen LogP contribution in [0.5, 0.6) is 5.75 Å². The lowest BCUT2D eigenvalue weighted by Gasteiger charge is -2.21. The fourth-order valence-electron chi connectivity index (χ4n) is 2.28. The lowest BCUT2D eigenvalue weighted by atomic mass is 10.0. The Kier molecular flexibility index (Phi) is 4.43. The summed E-state index contributed by atoms with van der Waals surface area (Å²) in [4.78, 5) is 0. The molecule has 0 amide bonds. The first-order valence-electron chi connectivity index (χ1n) is 6.82. The Morgan fingerprint density at radius 3 is 2.71 bits per heavy atom. The quantitative estimate of drug-likeness (QED) is 0.778. The van der Waals surface area contributed by atoms with Gasteiger partial charge in [0.2, 0.25) is 0 Å². The zero-order chi connectivity index (χ0) is 12.1. The van der Waals surface area contributed by atoms with Gasteiger partial charge in [0, 0.05) is 11.6 Å². The molecule has 1 aromatic carbocycles. The molecule has 0 aromatic heterocycles. The standard InChI is InChI=1S/C15H23NO/c1-3-11-16-15(12-9-10-12)13-7-5-6-8-14(13)17-4-2/h5-8,12,15-16H,3-4,9-11H2,1-2H3. The molecule has 1 unspecified atom stereocenters. The maximum absolute atomic E-state index is 5.74. The summed E-state index contributed by atoms with van der Waals surface area (Å²) in [7, 11) is 0. The Bertz CT molecular complexity index is 347. The van der Waals surface area contributed by atoms with E-state index in [4.69, 9.17) is 4.74 Å². The number of ether oxygens (including phenoxy) is 1. The van der Waals surface area contributed by atoms with Gasteiger partial charge in [-0.3, -0.25) is 0 Å². The van der Waals surface area contributed by atoms with Crippen LogP contribution in [0.4, 0.5) is 0 Å². The molecule has 2 nitrogen and oxygen atoms in total.